The second-order valence-electron chi connectivity index (χ2n) is 3.31. The molecule has 0 heterocycles. The summed E-state index contributed by atoms with van der Waals surface area (Å²) < 4.78 is 0. The largest absolute Gasteiger partial charge is 0.480 e. The lowest BCUT2D eigenvalue weighted by Crippen LogP contribution is -2.49. The van der Waals surface area contributed by atoms with E-state index >= 15 is 0 Å². The van der Waals surface area contributed by atoms with E-state index in [-0.39, 0.29) is 0 Å². The van der Waals surface area contributed by atoms with E-state index in [1.807, 2.05) is 0 Å². The van der Waals surface area contributed by atoms with E-state index < -0.39 is 23.5 Å². The molecule has 4 N–H and O–H groups in total. The first kappa shape index (κ1) is 10.4. The Hall–Kier alpha value is -0.610. The van der Waals surface area contributed by atoms with Crippen LogP contribution in [0.3, 0.4) is 0 Å². The van der Waals surface area contributed by atoms with Crippen LogP contribution in [0.1, 0.15) is 20.8 Å². The first-order chi connectivity index (χ1) is 4.80. The number of carboxylic acids is 1. The molecule has 2 unspecified atom stereocenters. The summed E-state index contributed by atoms with van der Waals surface area (Å²) in [6.45, 7) is 4.77. The fraction of sp³-hybridized carbons (Fsp3) is 0.857. The fourth-order valence-corrected chi connectivity index (χ4v) is 0.578. The van der Waals surface area contributed by atoms with Gasteiger partial charge in [-0.3, -0.25) is 4.79 Å². The van der Waals surface area contributed by atoms with Gasteiger partial charge in [-0.1, -0.05) is 13.8 Å². The maximum absolute atomic E-state index is 10.4. The van der Waals surface area contributed by atoms with Crippen LogP contribution in [0.15, 0.2) is 0 Å². The molecule has 0 radical (unpaired) electrons. The number of hydrogen-bond donors (Lipinski definition) is 3. The normalized spacial score (nSPS) is 17.5. The monoisotopic (exact) mass is 161 g/mol. The summed E-state index contributed by atoms with van der Waals surface area (Å²) in [6, 6.07) is -1.03. The summed E-state index contributed by atoms with van der Waals surface area (Å²) in [5, 5.41) is 17.7. The summed E-state index contributed by atoms with van der Waals surface area (Å²) in [4.78, 5) is 10.4. The molecule has 0 saturated carbocycles. The van der Waals surface area contributed by atoms with Crippen molar-refractivity contribution in [2.75, 3.05) is 0 Å². The zero-order chi connectivity index (χ0) is 9.23. The van der Waals surface area contributed by atoms with Crippen LogP contribution in [0.5, 0.6) is 0 Å². The lowest BCUT2D eigenvalue weighted by molar-refractivity contribution is -0.143. The van der Waals surface area contributed by atoms with Crippen LogP contribution in [0, 0.1) is 5.41 Å². The third kappa shape index (κ3) is 2.17. The van der Waals surface area contributed by atoms with Gasteiger partial charge in [-0.05, 0) is 6.92 Å². The number of aliphatic hydroxyl groups excluding tert-OH is 1. The molecule has 66 valence electrons. The molecular weight excluding hydrogens is 146 g/mol. The van der Waals surface area contributed by atoms with Crippen molar-refractivity contribution in [3.8, 4) is 0 Å². The van der Waals surface area contributed by atoms with Gasteiger partial charge in [-0.15, -0.1) is 0 Å². The van der Waals surface area contributed by atoms with Crippen molar-refractivity contribution in [1.29, 1.82) is 0 Å². The van der Waals surface area contributed by atoms with Crippen molar-refractivity contribution in [2.45, 2.75) is 32.9 Å². The van der Waals surface area contributed by atoms with Crippen molar-refractivity contribution in [3.63, 3.8) is 0 Å². The van der Waals surface area contributed by atoms with Crippen LogP contribution >= 0.6 is 0 Å². The van der Waals surface area contributed by atoms with Gasteiger partial charge in [0.05, 0.1) is 6.10 Å². The Labute approximate surface area is 66.0 Å². The molecule has 0 aromatic heterocycles. The number of rotatable bonds is 3. The zero-order valence-electron chi connectivity index (χ0n) is 7.03. The molecule has 0 fully saturated rings. The Morgan fingerprint density at radius 2 is 1.91 bits per heavy atom. The van der Waals surface area contributed by atoms with E-state index in [4.69, 9.17) is 15.9 Å². The van der Waals surface area contributed by atoms with E-state index in [1.54, 1.807) is 13.8 Å². The Kier molecular flexibility index (Phi) is 3.02. The van der Waals surface area contributed by atoms with Crippen molar-refractivity contribution >= 4 is 5.97 Å². The third-order valence-electron chi connectivity index (χ3n) is 2.14. The Morgan fingerprint density at radius 3 is 2.00 bits per heavy atom. The minimum absolute atomic E-state index is 0.728. The molecule has 0 bridgehead atoms. The van der Waals surface area contributed by atoms with Crippen LogP contribution in [-0.2, 0) is 4.79 Å². The van der Waals surface area contributed by atoms with Crippen LogP contribution in [0.25, 0.3) is 0 Å². The van der Waals surface area contributed by atoms with Gasteiger partial charge in [-0.25, -0.2) is 0 Å². The van der Waals surface area contributed by atoms with E-state index in [2.05, 4.69) is 0 Å². The highest BCUT2D eigenvalue weighted by molar-refractivity contribution is 5.74. The molecular formula is C7H15NO3. The molecule has 4 nitrogen and oxygen atoms in total. The number of hydrogen-bond acceptors (Lipinski definition) is 3. The smallest absolute Gasteiger partial charge is 0.321 e. The van der Waals surface area contributed by atoms with Gasteiger partial charge in [0.1, 0.15) is 6.04 Å². The minimum Gasteiger partial charge on any atom is -0.480 e. The minimum atomic E-state index is -1.09. The molecule has 2 atom stereocenters. The average molecular weight is 161 g/mol. The van der Waals surface area contributed by atoms with Gasteiger partial charge in [0.25, 0.3) is 0 Å². The first-order valence-electron chi connectivity index (χ1n) is 3.46. The molecule has 0 aliphatic rings. The molecule has 4 heteroatoms. The van der Waals surface area contributed by atoms with Crippen LogP contribution in [0.4, 0.5) is 0 Å². The van der Waals surface area contributed by atoms with Crippen LogP contribution in [0.2, 0.25) is 0 Å². The standard InChI is InChI=1S/C7H15NO3/c1-4(9)7(2,3)5(8)6(10)11/h4-5,9H,8H2,1-3H3,(H,10,11). The predicted octanol–water partition coefficient (Wildman–Crippen LogP) is -0.195. The Bertz CT molecular complexity index is 154. The lowest BCUT2D eigenvalue weighted by atomic mass is 9.80. The van der Waals surface area contributed by atoms with E-state index in [1.165, 1.54) is 6.92 Å². The van der Waals surface area contributed by atoms with Gasteiger partial charge in [-0.2, -0.15) is 0 Å². The van der Waals surface area contributed by atoms with Crippen LogP contribution < -0.4 is 5.73 Å². The van der Waals surface area contributed by atoms with Gasteiger partial charge in [0.15, 0.2) is 0 Å². The van der Waals surface area contributed by atoms with E-state index in [9.17, 15) is 4.79 Å². The highest BCUT2D eigenvalue weighted by Crippen LogP contribution is 2.23. The number of nitrogens with two attached hydrogens (primary N) is 1. The number of carboxylic acid groups (broad SMARTS) is 1. The molecule has 0 aromatic carbocycles. The lowest BCUT2D eigenvalue weighted by Gasteiger charge is -2.31. The molecule has 0 aromatic rings. The van der Waals surface area contributed by atoms with Crippen molar-refractivity contribution in [2.24, 2.45) is 11.1 Å². The zero-order valence-corrected chi connectivity index (χ0v) is 7.03. The highest BCUT2D eigenvalue weighted by Gasteiger charge is 2.36. The molecule has 0 amide bonds. The molecule has 0 spiro atoms. The quantitative estimate of drug-likeness (QED) is 0.535. The van der Waals surface area contributed by atoms with Crippen molar-refractivity contribution in [3.05, 3.63) is 0 Å². The van der Waals surface area contributed by atoms with Gasteiger partial charge in [0.2, 0.25) is 0 Å². The number of aliphatic carboxylic acids is 1. The fourth-order valence-electron chi connectivity index (χ4n) is 0.578. The van der Waals surface area contributed by atoms with Crippen molar-refractivity contribution < 1.29 is 15.0 Å². The van der Waals surface area contributed by atoms with Gasteiger partial charge >= 0.3 is 5.97 Å². The second kappa shape index (κ2) is 3.19. The first-order valence-corrected chi connectivity index (χ1v) is 3.46. The molecule has 0 aliphatic heterocycles. The second-order valence-corrected chi connectivity index (χ2v) is 3.31. The van der Waals surface area contributed by atoms with Gasteiger partial charge < -0.3 is 15.9 Å². The highest BCUT2D eigenvalue weighted by atomic mass is 16.4. The Balaban J connectivity index is 4.41. The summed E-state index contributed by atoms with van der Waals surface area (Å²) in [5.41, 5.74) is 4.55. The SMILES string of the molecule is CC(O)C(C)(C)C(N)C(=O)O. The summed E-state index contributed by atoms with van der Waals surface area (Å²) in [7, 11) is 0. The summed E-state index contributed by atoms with van der Waals surface area (Å²) >= 11 is 0. The summed E-state index contributed by atoms with van der Waals surface area (Å²) in [5.74, 6) is -1.09. The average Bonchev–Trinajstić information content (AvgIpc) is 1.85. The topological polar surface area (TPSA) is 83.5 Å². The third-order valence-corrected chi connectivity index (χ3v) is 2.14. The molecule has 0 aliphatic carbocycles. The molecule has 0 rings (SSSR count). The number of aliphatic hydroxyl groups is 1. The van der Waals surface area contributed by atoms with E-state index in [0.717, 1.165) is 0 Å². The predicted molar refractivity (Wildman–Crippen MR) is 41.1 cm³/mol. The van der Waals surface area contributed by atoms with Crippen LogP contribution in [-0.4, -0.2) is 28.3 Å². The van der Waals surface area contributed by atoms with Crippen molar-refractivity contribution in [1.82, 2.24) is 0 Å². The Morgan fingerprint density at radius 1 is 1.55 bits per heavy atom. The molecule has 11 heavy (non-hydrogen) atoms. The number of carbonyl (C=O) groups is 1. The summed E-state index contributed by atoms with van der Waals surface area (Å²) in [6.07, 6.45) is -0.728. The van der Waals surface area contributed by atoms with Gasteiger partial charge in [0, 0.05) is 5.41 Å². The molecule has 0 saturated heterocycles. The van der Waals surface area contributed by atoms with E-state index in [0.29, 0.717) is 0 Å². The maximum atomic E-state index is 10.4. The maximum Gasteiger partial charge on any atom is 0.321 e.